The first-order valence-electron chi connectivity index (χ1n) is 9.12. The van der Waals surface area contributed by atoms with Crippen LogP contribution in [-0.2, 0) is 7.05 Å². The maximum atomic E-state index is 11.0. The lowest BCUT2D eigenvalue weighted by molar-refractivity contribution is -0.391. The molecule has 0 aliphatic carbocycles. The molecule has 2 fully saturated rings. The van der Waals surface area contributed by atoms with Crippen molar-refractivity contribution in [3.05, 3.63) is 16.3 Å². The fourth-order valence-corrected chi connectivity index (χ4v) is 4.84. The molecule has 2 aromatic rings. The van der Waals surface area contributed by atoms with Crippen molar-refractivity contribution in [2.24, 2.45) is 7.05 Å². The normalized spacial score (nSPS) is 19.1. The molecular weight excluding hydrogens is 390 g/mol. The molecule has 2 saturated heterocycles. The third-order valence-corrected chi connectivity index (χ3v) is 6.38. The van der Waals surface area contributed by atoms with Gasteiger partial charge in [-0.05, 0) is 43.7 Å². The average Bonchev–Trinajstić information content (AvgIpc) is 3.29. The standard InChI is InChI=1S/C16H23N7O2S.ClH/c1-20-13(23(24)25)11-17-14(20)15-18-19-16(26-15)22-9-5-12(6-10-22)21-7-3-2-4-8-21;/h11-12H,2-10H2,1H3;1H. The Morgan fingerprint density at radius 3 is 2.48 bits per heavy atom. The molecule has 4 heterocycles. The van der Waals surface area contributed by atoms with Crippen molar-refractivity contribution < 1.29 is 4.92 Å². The van der Waals surface area contributed by atoms with Crippen molar-refractivity contribution in [1.82, 2.24) is 24.6 Å². The van der Waals surface area contributed by atoms with Gasteiger partial charge in [0.05, 0.1) is 7.05 Å². The van der Waals surface area contributed by atoms with Crippen LogP contribution < -0.4 is 4.90 Å². The van der Waals surface area contributed by atoms with E-state index in [1.165, 1.54) is 54.5 Å². The molecule has 4 rings (SSSR count). The fourth-order valence-electron chi connectivity index (χ4n) is 3.91. The van der Waals surface area contributed by atoms with Gasteiger partial charge in [0.15, 0.2) is 0 Å². The van der Waals surface area contributed by atoms with Crippen molar-refractivity contribution in [3.8, 4) is 10.8 Å². The second-order valence-corrected chi connectivity index (χ2v) is 7.92. The van der Waals surface area contributed by atoms with Gasteiger partial charge < -0.3 is 19.9 Å². The first-order chi connectivity index (χ1) is 12.6. The molecule has 2 aliphatic heterocycles. The van der Waals surface area contributed by atoms with Crippen LogP contribution in [0.15, 0.2) is 6.20 Å². The Balaban J connectivity index is 0.00000210. The number of anilines is 1. The van der Waals surface area contributed by atoms with Gasteiger partial charge in [-0.2, -0.15) is 0 Å². The molecule has 9 nitrogen and oxygen atoms in total. The zero-order chi connectivity index (χ0) is 18.1. The predicted octanol–water partition coefficient (Wildman–Crippen LogP) is 2.72. The van der Waals surface area contributed by atoms with E-state index in [9.17, 15) is 10.1 Å². The number of hydrogen-bond donors (Lipinski definition) is 0. The van der Waals surface area contributed by atoms with E-state index in [1.54, 1.807) is 7.05 Å². The SMILES string of the molecule is Cl.Cn1c([N+](=O)[O-])cnc1-c1nnc(N2CCC(N3CCCCC3)CC2)s1. The van der Waals surface area contributed by atoms with E-state index in [2.05, 4.69) is 25.0 Å². The molecule has 27 heavy (non-hydrogen) atoms. The zero-order valence-corrected chi connectivity index (χ0v) is 16.9. The summed E-state index contributed by atoms with van der Waals surface area (Å²) in [5.74, 6) is 0.447. The Bertz CT molecular complexity index is 782. The maximum Gasteiger partial charge on any atom is 0.342 e. The summed E-state index contributed by atoms with van der Waals surface area (Å²) in [7, 11) is 1.63. The molecule has 0 amide bonds. The van der Waals surface area contributed by atoms with Gasteiger partial charge in [0.25, 0.3) is 5.82 Å². The number of aromatic nitrogens is 4. The first-order valence-corrected chi connectivity index (χ1v) is 9.94. The zero-order valence-electron chi connectivity index (χ0n) is 15.3. The highest BCUT2D eigenvalue weighted by atomic mass is 35.5. The van der Waals surface area contributed by atoms with Gasteiger partial charge >= 0.3 is 5.82 Å². The molecule has 0 saturated carbocycles. The lowest BCUT2D eigenvalue weighted by Gasteiger charge is -2.40. The Morgan fingerprint density at radius 2 is 1.85 bits per heavy atom. The van der Waals surface area contributed by atoms with Gasteiger partial charge in [-0.3, -0.25) is 0 Å². The Kier molecular flexibility index (Phi) is 6.28. The second kappa shape index (κ2) is 8.49. The van der Waals surface area contributed by atoms with Gasteiger partial charge in [-0.1, -0.05) is 17.8 Å². The number of nitro groups is 1. The molecule has 0 atom stereocenters. The summed E-state index contributed by atoms with van der Waals surface area (Å²) in [6.45, 7) is 4.45. The van der Waals surface area contributed by atoms with E-state index in [0.29, 0.717) is 16.9 Å². The van der Waals surface area contributed by atoms with Crippen LogP contribution in [0.25, 0.3) is 10.8 Å². The molecule has 148 valence electrons. The molecule has 0 radical (unpaired) electrons. The van der Waals surface area contributed by atoms with E-state index in [0.717, 1.165) is 31.1 Å². The number of hydrogen-bond acceptors (Lipinski definition) is 8. The summed E-state index contributed by atoms with van der Waals surface area (Å²) in [6, 6.07) is 0.691. The Morgan fingerprint density at radius 1 is 1.15 bits per heavy atom. The topological polar surface area (TPSA) is 93.2 Å². The van der Waals surface area contributed by atoms with Crippen LogP contribution >= 0.6 is 23.7 Å². The highest BCUT2D eigenvalue weighted by Gasteiger charge is 2.28. The molecule has 0 spiro atoms. The quantitative estimate of drug-likeness (QED) is 0.561. The van der Waals surface area contributed by atoms with Crippen molar-refractivity contribution in [2.75, 3.05) is 31.1 Å². The smallest absolute Gasteiger partial charge is 0.342 e. The first kappa shape index (κ1) is 20.0. The van der Waals surface area contributed by atoms with E-state index in [1.807, 2.05) is 0 Å². The summed E-state index contributed by atoms with van der Waals surface area (Å²) < 4.78 is 1.45. The molecule has 0 bridgehead atoms. The van der Waals surface area contributed by atoms with Crippen molar-refractivity contribution in [1.29, 1.82) is 0 Å². The van der Waals surface area contributed by atoms with Gasteiger partial charge in [0.2, 0.25) is 10.1 Å². The van der Waals surface area contributed by atoms with Gasteiger partial charge in [0, 0.05) is 19.1 Å². The Hall–Kier alpha value is -1.78. The van der Waals surface area contributed by atoms with Gasteiger partial charge in [-0.15, -0.1) is 22.6 Å². The number of likely N-dealkylation sites (tertiary alicyclic amines) is 1. The summed E-state index contributed by atoms with van der Waals surface area (Å²) in [5.41, 5.74) is 0. The van der Waals surface area contributed by atoms with Crippen LogP contribution in [0, 0.1) is 10.1 Å². The summed E-state index contributed by atoms with van der Waals surface area (Å²) >= 11 is 1.45. The van der Waals surface area contributed by atoms with Crippen LogP contribution in [-0.4, -0.2) is 61.8 Å². The maximum absolute atomic E-state index is 11.0. The van der Waals surface area contributed by atoms with Crippen molar-refractivity contribution >= 4 is 34.7 Å². The van der Waals surface area contributed by atoms with Gasteiger partial charge in [-0.25, -0.2) is 9.55 Å². The molecular formula is C16H24ClN7O2S. The lowest BCUT2D eigenvalue weighted by Crippen LogP contribution is -2.46. The van der Waals surface area contributed by atoms with Crippen LogP contribution in [0.3, 0.4) is 0 Å². The number of nitrogens with zero attached hydrogens (tertiary/aromatic N) is 7. The van der Waals surface area contributed by atoms with Crippen LogP contribution in [0.4, 0.5) is 10.9 Å². The minimum absolute atomic E-state index is 0. The monoisotopic (exact) mass is 413 g/mol. The van der Waals surface area contributed by atoms with E-state index in [-0.39, 0.29) is 18.2 Å². The van der Waals surface area contributed by atoms with Crippen LogP contribution in [0.2, 0.25) is 0 Å². The summed E-state index contributed by atoms with van der Waals surface area (Å²) in [6.07, 6.45) is 7.60. The minimum atomic E-state index is -0.441. The van der Waals surface area contributed by atoms with Crippen LogP contribution in [0.5, 0.6) is 0 Å². The predicted molar refractivity (Wildman–Crippen MR) is 107 cm³/mol. The van der Waals surface area contributed by atoms with E-state index in [4.69, 9.17) is 0 Å². The van der Waals surface area contributed by atoms with Crippen molar-refractivity contribution in [3.63, 3.8) is 0 Å². The fraction of sp³-hybridized carbons (Fsp3) is 0.688. The number of rotatable bonds is 4. The van der Waals surface area contributed by atoms with Crippen LogP contribution in [0.1, 0.15) is 32.1 Å². The summed E-state index contributed by atoms with van der Waals surface area (Å²) in [5, 5.41) is 21.0. The molecule has 0 unspecified atom stereocenters. The molecule has 0 N–H and O–H groups in total. The van der Waals surface area contributed by atoms with Gasteiger partial charge in [0.1, 0.15) is 6.20 Å². The average molecular weight is 414 g/mol. The molecule has 0 aromatic carbocycles. The molecule has 11 heteroatoms. The Labute approximate surface area is 168 Å². The largest absolute Gasteiger partial charge is 0.358 e. The third kappa shape index (κ3) is 4.07. The number of halogens is 1. The molecule has 2 aliphatic rings. The highest BCUT2D eigenvalue weighted by molar-refractivity contribution is 7.18. The highest BCUT2D eigenvalue weighted by Crippen LogP contribution is 2.31. The lowest BCUT2D eigenvalue weighted by atomic mass is 10.0. The number of piperidine rings is 2. The molecule has 2 aromatic heterocycles. The summed E-state index contributed by atoms with van der Waals surface area (Å²) in [4.78, 5) is 19.6. The minimum Gasteiger partial charge on any atom is -0.358 e. The third-order valence-electron chi connectivity index (χ3n) is 5.40. The van der Waals surface area contributed by atoms with E-state index >= 15 is 0 Å². The number of imidazole rings is 1. The van der Waals surface area contributed by atoms with Crippen molar-refractivity contribution in [2.45, 2.75) is 38.1 Å². The van der Waals surface area contributed by atoms with E-state index < -0.39 is 4.92 Å². The second-order valence-electron chi connectivity index (χ2n) is 6.96.